The van der Waals surface area contributed by atoms with Gasteiger partial charge in [0.2, 0.25) is 0 Å². The van der Waals surface area contributed by atoms with Gasteiger partial charge in [-0.1, -0.05) is 42.2 Å². The van der Waals surface area contributed by atoms with Crippen molar-refractivity contribution in [1.29, 1.82) is 0 Å². The second kappa shape index (κ2) is 7.58. The maximum absolute atomic E-state index is 13.6. The predicted octanol–water partition coefficient (Wildman–Crippen LogP) is 2.80. The van der Waals surface area contributed by atoms with Crippen molar-refractivity contribution in [2.75, 3.05) is 13.7 Å². The molecule has 2 nitrogen and oxygen atoms in total. The average molecular weight is 283 g/mol. The molecule has 0 bridgehead atoms. The first-order chi connectivity index (χ1) is 10.2. The lowest BCUT2D eigenvalue weighted by Gasteiger charge is -2.17. The van der Waals surface area contributed by atoms with Crippen LogP contribution in [0.4, 0.5) is 4.39 Å². The number of benzene rings is 2. The van der Waals surface area contributed by atoms with Crippen LogP contribution in [0.3, 0.4) is 0 Å². The summed E-state index contributed by atoms with van der Waals surface area (Å²) in [5, 5.41) is 8.70. The van der Waals surface area contributed by atoms with Gasteiger partial charge in [0.15, 0.2) is 0 Å². The first-order valence-corrected chi connectivity index (χ1v) is 6.79. The molecular formula is C18H18FNO. The summed E-state index contributed by atoms with van der Waals surface area (Å²) in [4.78, 5) is 2.12. The standard InChI is InChI=1S/C18H18FNO/c1-20(13-15-6-3-2-4-7-15)14-17-10-16(8-5-9-21)11-18(19)12-17/h2-4,6-7,10-12,21H,9,13-14H2,1H3. The summed E-state index contributed by atoms with van der Waals surface area (Å²) in [6.07, 6.45) is 0. The van der Waals surface area contributed by atoms with Crippen LogP contribution in [0.2, 0.25) is 0 Å². The van der Waals surface area contributed by atoms with Gasteiger partial charge in [0.05, 0.1) is 0 Å². The molecule has 0 aromatic heterocycles. The summed E-state index contributed by atoms with van der Waals surface area (Å²) in [7, 11) is 2.00. The van der Waals surface area contributed by atoms with Crippen LogP contribution in [0.25, 0.3) is 0 Å². The van der Waals surface area contributed by atoms with Crippen LogP contribution in [0.1, 0.15) is 16.7 Å². The molecule has 1 N–H and O–H groups in total. The molecule has 0 atom stereocenters. The van der Waals surface area contributed by atoms with E-state index in [9.17, 15) is 4.39 Å². The molecule has 0 radical (unpaired) electrons. The Balaban J connectivity index is 2.06. The lowest BCUT2D eigenvalue weighted by Crippen LogP contribution is -2.17. The molecule has 2 aromatic rings. The number of rotatable bonds is 4. The third-order valence-electron chi connectivity index (χ3n) is 3.02. The molecular weight excluding hydrogens is 265 g/mol. The van der Waals surface area contributed by atoms with Crippen molar-refractivity contribution in [3.8, 4) is 11.8 Å². The number of aliphatic hydroxyl groups excluding tert-OH is 1. The maximum atomic E-state index is 13.6. The largest absolute Gasteiger partial charge is 0.384 e. The summed E-state index contributed by atoms with van der Waals surface area (Å²) in [6, 6.07) is 14.9. The van der Waals surface area contributed by atoms with Crippen molar-refractivity contribution in [2.24, 2.45) is 0 Å². The normalized spacial score (nSPS) is 10.3. The molecule has 0 aliphatic heterocycles. The topological polar surface area (TPSA) is 23.5 Å². The molecule has 0 unspecified atom stereocenters. The quantitative estimate of drug-likeness (QED) is 0.872. The van der Waals surface area contributed by atoms with E-state index in [0.717, 1.165) is 12.1 Å². The van der Waals surface area contributed by atoms with Crippen LogP contribution in [0.5, 0.6) is 0 Å². The van der Waals surface area contributed by atoms with Crippen LogP contribution in [0.15, 0.2) is 48.5 Å². The summed E-state index contributed by atoms with van der Waals surface area (Å²) < 4.78 is 13.6. The van der Waals surface area contributed by atoms with Crippen molar-refractivity contribution in [1.82, 2.24) is 4.90 Å². The van der Waals surface area contributed by atoms with E-state index in [0.29, 0.717) is 12.1 Å². The summed E-state index contributed by atoms with van der Waals surface area (Å²) >= 11 is 0. The lowest BCUT2D eigenvalue weighted by atomic mass is 10.1. The number of aliphatic hydroxyl groups is 1. The number of halogens is 1. The van der Waals surface area contributed by atoms with Gasteiger partial charge in [-0.15, -0.1) is 0 Å². The summed E-state index contributed by atoms with van der Waals surface area (Å²) in [5.74, 6) is 4.97. The fraction of sp³-hybridized carbons (Fsp3) is 0.222. The number of hydrogen-bond donors (Lipinski definition) is 1. The molecule has 0 saturated carbocycles. The molecule has 0 spiro atoms. The Hall–Kier alpha value is -2.15. The third kappa shape index (κ3) is 5.03. The van der Waals surface area contributed by atoms with E-state index in [1.54, 1.807) is 0 Å². The van der Waals surface area contributed by atoms with Gasteiger partial charge >= 0.3 is 0 Å². The van der Waals surface area contributed by atoms with Crippen molar-refractivity contribution in [3.63, 3.8) is 0 Å². The molecule has 0 aliphatic carbocycles. The van der Waals surface area contributed by atoms with E-state index >= 15 is 0 Å². The molecule has 108 valence electrons. The zero-order valence-electron chi connectivity index (χ0n) is 12.0. The maximum Gasteiger partial charge on any atom is 0.124 e. The Morgan fingerprint density at radius 3 is 2.48 bits per heavy atom. The van der Waals surface area contributed by atoms with Crippen molar-refractivity contribution >= 4 is 0 Å². The molecule has 0 aliphatic rings. The van der Waals surface area contributed by atoms with Crippen molar-refractivity contribution in [3.05, 3.63) is 71.0 Å². The molecule has 0 heterocycles. The minimum atomic E-state index is -0.303. The van der Waals surface area contributed by atoms with Gasteiger partial charge in [-0.3, -0.25) is 4.90 Å². The van der Waals surface area contributed by atoms with Crippen LogP contribution < -0.4 is 0 Å². The van der Waals surface area contributed by atoms with Gasteiger partial charge in [-0.05, 0) is 36.4 Å². The van der Waals surface area contributed by atoms with Crippen LogP contribution in [0, 0.1) is 17.7 Å². The molecule has 0 amide bonds. The fourth-order valence-electron chi connectivity index (χ4n) is 2.22. The second-order valence-electron chi connectivity index (χ2n) is 4.97. The van der Waals surface area contributed by atoms with Crippen molar-refractivity contribution < 1.29 is 9.50 Å². The molecule has 3 heteroatoms. The average Bonchev–Trinajstić information content (AvgIpc) is 2.45. The Bertz CT molecular complexity index is 643. The minimum Gasteiger partial charge on any atom is -0.384 e. The van der Waals surface area contributed by atoms with Gasteiger partial charge in [-0.25, -0.2) is 4.39 Å². The Morgan fingerprint density at radius 2 is 1.76 bits per heavy atom. The minimum absolute atomic E-state index is 0.222. The van der Waals surface area contributed by atoms with Gasteiger partial charge < -0.3 is 5.11 Å². The van der Waals surface area contributed by atoms with Crippen LogP contribution in [-0.2, 0) is 13.1 Å². The Morgan fingerprint density at radius 1 is 1.05 bits per heavy atom. The third-order valence-corrected chi connectivity index (χ3v) is 3.02. The molecule has 0 fully saturated rings. The highest BCUT2D eigenvalue weighted by molar-refractivity contribution is 5.37. The van der Waals surface area contributed by atoms with Crippen molar-refractivity contribution in [2.45, 2.75) is 13.1 Å². The first-order valence-electron chi connectivity index (χ1n) is 6.79. The van der Waals surface area contributed by atoms with E-state index in [4.69, 9.17) is 5.11 Å². The Labute approximate surface area is 124 Å². The van der Waals surface area contributed by atoms with Crippen LogP contribution >= 0.6 is 0 Å². The molecule has 2 rings (SSSR count). The van der Waals surface area contributed by atoms with Gasteiger partial charge in [0, 0.05) is 18.7 Å². The first kappa shape index (κ1) is 15.2. The van der Waals surface area contributed by atoms with E-state index in [2.05, 4.69) is 28.9 Å². The zero-order chi connectivity index (χ0) is 15.1. The highest BCUT2D eigenvalue weighted by atomic mass is 19.1. The van der Waals surface area contributed by atoms with E-state index in [-0.39, 0.29) is 12.4 Å². The highest BCUT2D eigenvalue weighted by Crippen LogP contribution is 2.12. The van der Waals surface area contributed by atoms with E-state index in [1.807, 2.05) is 31.3 Å². The SMILES string of the molecule is CN(Cc1ccccc1)Cc1cc(F)cc(C#CCO)c1. The van der Waals surface area contributed by atoms with Gasteiger partial charge in [-0.2, -0.15) is 0 Å². The summed E-state index contributed by atoms with van der Waals surface area (Å²) in [6.45, 7) is 1.22. The smallest absolute Gasteiger partial charge is 0.124 e. The van der Waals surface area contributed by atoms with E-state index in [1.165, 1.54) is 17.7 Å². The molecule has 0 saturated heterocycles. The van der Waals surface area contributed by atoms with Gasteiger partial charge in [0.1, 0.15) is 12.4 Å². The highest BCUT2D eigenvalue weighted by Gasteiger charge is 2.04. The molecule has 2 aromatic carbocycles. The second-order valence-corrected chi connectivity index (χ2v) is 4.97. The Kier molecular flexibility index (Phi) is 5.51. The number of hydrogen-bond acceptors (Lipinski definition) is 2. The van der Waals surface area contributed by atoms with Crippen LogP contribution in [-0.4, -0.2) is 23.7 Å². The molecule has 21 heavy (non-hydrogen) atoms. The lowest BCUT2D eigenvalue weighted by molar-refractivity contribution is 0.318. The summed E-state index contributed by atoms with van der Waals surface area (Å²) in [5.41, 5.74) is 2.68. The predicted molar refractivity (Wildman–Crippen MR) is 82.0 cm³/mol. The zero-order valence-corrected chi connectivity index (χ0v) is 12.0. The van der Waals surface area contributed by atoms with E-state index < -0.39 is 0 Å². The monoisotopic (exact) mass is 283 g/mol. The van der Waals surface area contributed by atoms with Gasteiger partial charge in [0.25, 0.3) is 0 Å². The number of nitrogens with zero attached hydrogens (tertiary/aromatic N) is 1. The fourth-order valence-corrected chi connectivity index (χ4v) is 2.22.